The molecule has 2 heterocycles. The van der Waals surface area contributed by atoms with Gasteiger partial charge in [0.15, 0.2) is 11.7 Å². The van der Waals surface area contributed by atoms with Crippen LogP contribution < -0.4 is 5.32 Å². The minimum Gasteiger partial charge on any atom is -0.445 e. The lowest BCUT2D eigenvalue weighted by Crippen LogP contribution is -2.25. The van der Waals surface area contributed by atoms with Crippen molar-refractivity contribution < 1.29 is 14.0 Å². The number of allylic oxidation sites excluding steroid dienone is 1. The quantitative estimate of drug-likeness (QED) is 0.910. The molecule has 1 aliphatic carbocycles. The highest BCUT2D eigenvalue weighted by Crippen LogP contribution is 2.18. The van der Waals surface area contributed by atoms with E-state index in [2.05, 4.69) is 15.3 Å². The number of carbonyl (C=O) groups is 2. The molecule has 0 aromatic carbocycles. The van der Waals surface area contributed by atoms with Crippen molar-refractivity contribution in [1.29, 1.82) is 0 Å². The summed E-state index contributed by atoms with van der Waals surface area (Å²) in [7, 11) is 0. The molecule has 0 radical (unpaired) electrons. The minimum absolute atomic E-state index is 0.0104. The van der Waals surface area contributed by atoms with E-state index >= 15 is 0 Å². The summed E-state index contributed by atoms with van der Waals surface area (Å²) < 4.78 is 5.52. The SMILES string of the molecule is O=C1C=Cc2nc(CCNC(=O)c3ccncc3)oc2C1. The second-order valence-electron chi connectivity index (χ2n) is 4.63. The predicted octanol–water partition coefficient (Wildman–Crippen LogP) is 1.18. The fourth-order valence-corrected chi connectivity index (χ4v) is 2.06. The summed E-state index contributed by atoms with van der Waals surface area (Å²) in [6.07, 6.45) is 7.03. The van der Waals surface area contributed by atoms with Gasteiger partial charge in [-0.1, -0.05) is 0 Å². The van der Waals surface area contributed by atoms with Crippen LogP contribution in [-0.2, 0) is 17.6 Å². The van der Waals surface area contributed by atoms with Crippen molar-refractivity contribution in [3.8, 4) is 0 Å². The Hall–Kier alpha value is -2.76. The van der Waals surface area contributed by atoms with E-state index in [1.54, 1.807) is 30.6 Å². The van der Waals surface area contributed by atoms with E-state index in [4.69, 9.17) is 4.42 Å². The number of nitrogens with zero attached hydrogens (tertiary/aromatic N) is 2. The summed E-state index contributed by atoms with van der Waals surface area (Å²) in [4.78, 5) is 31.2. The van der Waals surface area contributed by atoms with E-state index in [0.29, 0.717) is 35.9 Å². The summed E-state index contributed by atoms with van der Waals surface area (Å²) in [5.74, 6) is 0.965. The summed E-state index contributed by atoms with van der Waals surface area (Å²) in [5, 5.41) is 2.78. The lowest BCUT2D eigenvalue weighted by atomic mass is 10.1. The molecule has 0 saturated heterocycles. The Kier molecular flexibility index (Phi) is 3.59. The van der Waals surface area contributed by atoms with E-state index in [1.165, 1.54) is 6.08 Å². The molecule has 6 heteroatoms. The Morgan fingerprint density at radius 2 is 2.10 bits per heavy atom. The fourth-order valence-electron chi connectivity index (χ4n) is 2.06. The first-order valence-electron chi connectivity index (χ1n) is 6.60. The van der Waals surface area contributed by atoms with Gasteiger partial charge in [0.05, 0.1) is 6.42 Å². The van der Waals surface area contributed by atoms with Gasteiger partial charge in [-0.3, -0.25) is 14.6 Å². The summed E-state index contributed by atoms with van der Waals surface area (Å²) in [6, 6.07) is 3.30. The molecule has 0 fully saturated rings. The molecule has 21 heavy (non-hydrogen) atoms. The highest BCUT2D eigenvalue weighted by atomic mass is 16.4. The standard InChI is InChI=1S/C15H13N3O3/c19-11-1-2-12-13(9-11)21-14(18-12)5-8-17-15(20)10-3-6-16-7-4-10/h1-4,6-7H,5,8-9H2,(H,17,20). The van der Waals surface area contributed by atoms with Crippen molar-refractivity contribution in [1.82, 2.24) is 15.3 Å². The normalized spacial score (nSPS) is 13.0. The van der Waals surface area contributed by atoms with Crippen LogP contribution in [0, 0.1) is 0 Å². The highest BCUT2D eigenvalue weighted by Gasteiger charge is 2.17. The van der Waals surface area contributed by atoms with Crippen LogP contribution in [0.25, 0.3) is 6.08 Å². The molecule has 0 unspecified atom stereocenters. The summed E-state index contributed by atoms with van der Waals surface area (Å²) in [5.41, 5.74) is 1.26. The largest absolute Gasteiger partial charge is 0.445 e. The van der Waals surface area contributed by atoms with Gasteiger partial charge in [-0.25, -0.2) is 4.98 Å². The number of ketones is 1. The number of hydrogen-bond donors (Lipinski definition) is 1. The van der Waals surface area contributed by atoms with Crippen LogP contribution in [0.4, 0.5) is 0 Å². The van der Waals surface area contributed by atoms with Gasteiger partial charge in [0.1, 0.15) is 11.5 Å². The number of carbonyl (C=O) groups excluding carboxylic acids is 2. The van der Waals surface area contributed by atoms with Gasteiger partial charge in [-0.15, -0.1) is 0 Å². The molecule has 0 bridgehead atoms. The zero-order chi connectivity index (χ0) is 14.7. The van der Waals surface area contributed by atoms with Crippen molar-refractivity contribution in [2.24, 2.45) is 0 Å². The van der Waals surface area contributed by atoms with Crippen molar-refractivity contribution in [2.75, 3.05) is 6.54 Å². The van der Waals surface area contributed by atoms with Gasteiger partial charge in [-0.05, 0) is 24.3 Å². The number of fused-ring (bicyclic) bond motifs is 1. The van der Waals surface area contributed by atoms with Crippen molar-refractivity contribution in [2.45, 2.75) is 12.8 Å². The maximum Gasteiger partial charge on any atom is 0.251 e. The van der Waals surface area contributed by atoms with Gasteiger partial charge in [0.2, 0.25) is 0 Å². The lowest BCUT2D eigenvalue weighted by Gasteiger charge is -2.02. The molecule has 0 saturated carbocycles. The number of hydrogen-bond acceptors (Lipinski definition) is 5. The van der Waals surface area contributed by atoms with Crippen LogP contribution in [0.15, 0.2) is 35.0 Å². The number of amides is 1. The molecule has 0 atom stereocenters. The first-order chi connectivity index (χ1) is 10.2. The molecule has 6 nitrogen and oxygen atoms in total. The van der Waals surface area contributed by atoms with E-state index in [-0.39, 0.29) is 18.1 Å². The molecular formula is C15H13N3O3. The molecule has 1 amide bonds. The maximum atomic E-state index is 11.8. The average Bonchev–Trinajstić information content (AvgIpc) is 2.89. The van der Waals surface area contributed by atoms with Crippen LogP contribution in [0.1, 0.15) is 27.7 Å². The Morgan fingerprint density at radius 1 is 1.29 bits per heavy atom. The smallest absolute Gasteiger partial charge is 0.251 e. The number of rotatable bonds is 4. The van der Waals surface area contributed by atoms with Gasteiger partial charge in [0.25, 0.3) is 5.91 Å². The van der Waals surface area contributed by atoms with Gasteiger partial charge >= 0.3 is 0 Å². The maximum absolute atomic E-state index is 11.8. The molecule has 0 spiro atoms. The van der Waals surface area contributed by atoms with Crippen LogP contribution in [0.3, 0.4) is 0 Å². The number of oxazole rings is 1. The molecule has 1 aliphatic rings. The molecule has 1 N–H and O–H groups in total. The molecule has 0 aliphatic heterocycles. The topological polar surface area (TPSA) is 85.1 Å². The Bertz CT molecular complexity index is 704. The third-order valence-corrected chi connectivity index (χ3v) is 3.10. The van der Waals surface area contributed by atoms with E-state index < -0.39 is 0 Å². The zero-order valence-corrected chi connectivity index (χ0v) is 11.2. The van der Waals surface area contributed by atoms with E-state index in [1.807, 2.05) is 0 Å². The van der Waals surface area contributed by atoms with Crippen LogP contribution in [-0.4, -0.2) is 28.2 Å². The first kappa shape index (κ1) is 13.2. The number of nitrogens with one attached hydrogen (secondary N) is 1. The van der Waals surface area contributed by atoms with Gasteiger partial charge in [0, 0.05) is 30.9 Å². The van der Waals surface area contributed by atoms with Crippen LogP contribution in [0.5, 0.6) is 0 Å². The minimum atomic E-state index is -0.163. The number of pyridine rings is 1. The van der Waals surface area contributed by atoms with Gasteiger partial charge in [-0.2, -0.15) is 0 Å². The van der Waals surface area contributed by atoms with Gasteiger partial charge < -0.3 is 9.73 Å². The fraction of sp³-hybridized carbons (Fsp3) is 0.200. The van der Waals surface area contributed by atoms with Crippen molar-refractivity contribution in [3.63, 3.8) is 0 Å². The zero-order valence-electron chi connectivity index (χ0n) is 11.2. The Morgan fingerprint density at radius 3 is 2.90 bits per heavy atom. The Labute approximate surface area is 120 Å². The predicted molar refractivity (Wildman–Crippen MR) is 74.5 cm³/mol. The van der Waals surface area contributed by atoms with E-state index in [0.717, 1.165) is 0 Å². The second-order valence-corrected chi connectivity index (χ2v) is 4.63. The molecule has 2 aromatic heterocycles. The second kappa shape index (κ2) is 5.70. The van der Waals surface area contributed by atoms with Crippen LogP contribution in [0.2, 0.25) is 0 Å². The van der Waals surface area contributed by atoms with Crippen molar-refractivity contribution >= 4 is 17.8 Å². The third kappa shape index (κ3) is 3.05. The van der Waals surface area contributed by atoms with Crippen LogP contribution >= 0.6 is 0 Å². The molecule has 106 valence electrons. The van der Waals surface area contributed by atoms with E-state index in [9.17, 15) is 9.59 Å². The summed E-state index contributed by atoms with van der Waals surface area (Å²) >= 11 is 0. The molecule has 2 aromatic rings. The summed E-state index contributed by atoms with van der Waals surface area (Å²) in [6.45, 7) is 0.415. The average molecular weight is 283 g/mol. The molecule has 3 rings (SSSR count). The third-order valence-electron chi connectivity index (χ3n) is 3.10. The first-order valence-corrected chi connectivity index (χ1v) is 6.60. The molecular weight excluding hydrogens is 270 g/mol. The highest BCUT2D eigenvalue weighted by molar-refractivity contribution is 5.97. The monoisotopic (exact) mass is 283 g/mol. The lowest BCUT2D eigenvalue weighted by molar-refractivity contribution is -0.114. The number of aromatic nitrogens is 2. The Balaban J connectivity index is 1.56. The van der Waals surface area contributed by atoms with Crippen molar-refractivity contribution in [3.05, 3.63) is 53.5 Å².